The van der Waals surface area contributed by atoms with Crippen molar-refractivity contribution in [2.75, 3.05) is 13.7 Å². The van der Waals surface area contributed by atoms with Crippen LogP contribution in [0.1, 0.15) is 11.5 Å². The quantitative estimate of drug-likeness (QED) is 0.752. The zero-order valence-electron chi connectivity index (χ0n) is 10.1. The van der Waals surface area contributed by atoms with Crippen LogP contribution >= 0.6 is 0 Å². The van der Waals surface area contributed by atoms with E-state index in [2.05, 4.69) is 10.6 Å². The number of benzene rings is 1. The molecule has 1 heterocycles. The van der Waals surface area contributed by atoms with Gasteiger partial charge in [0.05, 0.1) is 7.11 Å². The van der Waals surface area contributed by atoms with Crippen LogP contribution in [0.15, 0.2) is 18.2 Å². The number of hydrogen-bond donors (Lipinski definition) is 3. The molecule has 2 rings (SSSR count). The normalized spacial score (nSPS) is 21.9. The number of halogens is 1. The molecule has 2 amide bonds. The second kappa shape index (κ2) is 5.13. The van der Waals surface area contributed by atoms with Gasteiger partial charge in [0.25, 0.3) is 0 Å². The van der Waals surface area contributed by atoms with Crippen LogP contribution in [0.25, 0.3) is 0 Å². The van der Waals surface area contributed by atoms with Crippen molar-refractivity contribution in [3.8, 4) is 5.75 Å². The van der Waals surface area contributed by atoms with Gasteiger partial charge in [-0.25, -0.2) is 9.18 Å². The Hall–Kier alpha value is -2.31. The number of nitrogens with one attached hydrogen (secondary N) is 2. The van der Waals surface area contributed by atoms with E-state index in [1.807, 2.05) is 0 Å². The van der Waals surface area contributed by atoms with Crippen molar-refractivity contribution in [2.24, 2.45) is 0 Å². The zero-order chi connectivity index (χ0) is 14.0. The maximum absolute atomic E-state index is 13.9. The van der Waals surface area contributed by atoms with Gasteiger partial charge in [-0.1, -0.05) is 6.07 Å². The van der Waals surface area contributed by atoms with Gasteiger partial charge in [-0.3, -0.25) is 4.79 Å². The molecule has 19 heavy (non-hydrogen) atoms. The van der Waals surface area contributed by atoms with Crippen molar-refractivity contribution in [3.05, 3.63) is 29.6 Å². The first kappa shape index (κ1) is 13.1. The summed E-state index contributed by atoms with van der Waals surface area (Å²) in [4.78, 5) is 22.2. The summed E-state index contributed by atoms with van der Waals surface area (Å²) in [5.41, 5.74) is 0.276. The van der Waals surface area contributed by atoms with Crippen LogP contribution in [0, 0.1) is 5.82 Å². The van der Waals surface area contributed by atoms with Gasteiger partial charge >= 0.3 is 6.09 Å². The van der Waals surface area contributed by atoms with Crippen LogP contribution in [-0.4, -0.2) is 36.8 Å². The molecule has 0 radical (unpaired) electrons. The fourth-order valence-corrected chi connectivity index (χ4v) is 2.15. The molecule has 1 saturated heterocycles. The molecular formula is C12H13FN2O4. The predicted octanol–water partition coefficient (Wildman–Crippen LogP) is 0.684. The minimum Gasteiger partial charge on any atom is -0.497 e. The minimum absolute atomic E-state index is 0.188. The number of methoxy groups -OCH3 is 1. The third-order valence-corrected chi connectivity index (χ3v) is 3.07. The Balaban J connectivity index is 2.29. The lowest BCUT2D eigenvalue weighted by atomic mass is 9.93. The molecule has 0 bridgehead atoms. The number of carboxylic acid groups (broad SMARTS) is 1. The van der Waals surface area contributed by atoms with Gasteiger partial charge in [-0.2, -0.15) is 0 Å². The molecule has 0 spiro atoms. The predicted molar refractivity (Wildman–Crippen MR) is 63.7 cm³/mol. The van der Waals surface area contributed by atoms with Crippen molar-refractivity contribution in [3.63, 3.8) is 0 Å². The van der Waals surface area contributed by atoms with Gasteiger partial charge in [0.2, 0.25) is 5.91 Å². The first-order valence-electron chi connectivity index (χ1n) is 5.63. The van der Waals surface area contributed by atoms with E-state index in [0.717, 1.165) is 0 Å². The molecule has 0 unspecified atom stereocenters. The van der Waals surface area contributed by atoms with Gasteiger partial charge in [-0.05, 0) is 11.6 Å². The van der Waals surface area contributed by atoms with Gasteiger partial charge in [0, 0.05) is 18.5 Å². The molecule has 1 fully saturated rings. The third-order valence-electron chi connectivity index (χ3n) is 3.07. The van der Waals surface area contributed by atoms with Crippen molar-refractivity contribution in [1.82, 2.24) is 10.6 Å². The van der Waals surface area contributed by atoms with Gasteiger partial charge in [-0.15, -0.1) is 0 Å². The average Bonchev–Trinajstić information content (AvgIpc) is 2.70. The number of rotatable bonds is 3. The van der Waals surface area contributed by atoms with E-state index < -0.39 is 29.8 Å². The SMILES string of the molecule is COc1ccc([C@@H]2CNC(=O)[C@H]2NC(=O)O)c(F)c1. The van der Waals surface area contributed by atoms with Crippen molar-refractivity contribution in [2.45, 2.75) is 12.0 Å². The van der Waals surface area contributed by atoms with E-state index in [0.29, 0.717) is 5.75 Å². The lowest BCUT2D eigenvalue weighted by Crippen LogP contribution is -2.42. The largest absolute Gasteiger partial charge is 0.497 e. The second-order valence-electron chi connectivity index (χ2n) is 4.17. The maximum atomic E-state index is 13.9. The van der Waals surface area contributed by atoms with Gasteiger partial charge in [0.1, 0.15) is 17.6 Å². The van der Waals surface area contributed by atoms with E-state index in [1.165, 1.54) is 19.2 Å². The summed E-state index contributed by atoms with van der Waals surface area (Å²) < 4.78 is 18.8. The molecule has 6 nitrogen and oxygen atoms in total. The highest BCUT2D eigenvalue weighted by Gasteiger charge is 2.38. The van der Waals surface area contributed by atoms with Crippen LogP contribution in [0.2, 0.25) is 0 Å². The fraction of sp³-hybridized carbons (Fsp3) is 0.333. The average molecular weight is 268 g/mol. The van der Waals surface area contributed by atoms with Crippen molar-refractivity contribution >= 4 is 12.0 Å². The molecule has 1 aliphatic rings. The molecule has 3 N–H and O–H groups in total. The summed E-state index contributed by atoms with van der Waals surface area (Å²) in [5.74, 6) is -1.20. The first-order chi connectivity index (χ1) is 9.02. The molecule has 0 aromatic heterocycles. The van der Waals surface area contributed by atoms with Crippen molar-refractivity contribution < 1.29 is 23.8 Å². The Morgan fingerprint density at radius 1 is 1.58 bits per heavy atom. The summed E-state index contributed by atoms with van der Waals surface area (Å²) in [6, 6.07) is 3.28. The highest BCUT2D eigenvalue weighted by Crippen LogP contribution is 2.28. The number of ether oxygens (including phenoxy) is 1. The van der Waals surface area contributed by atoms with Gasteiger partial charge < -0.3 is 20.5 Å². The van der Waals surface area contributed by atoms with E-state index >= 15 is 0 Å². The van der Waals surface area contributed by atoms with E-state index in [9.17, 15) is 14.0 Å². The fourth-order valence-electron chi connectivity index (χ4n) is 2.15. The van der Waals surface area contributed by atoms with E-state index in [-0.39, 0.29) is 12.1 Å². The van der Waals surface area contributed by atoms with Crippen LogP contribution in [-0.2, 0) is 4.79 Å². The minimum atomic E-state index is -1.32. The van der Waals surface area contributed by atoms with E-state index in [1.54, 1.807) is 6.07 Å². The maximum Gasteiger partial charge on any atom is 0.405 e. The smallest absolute Gasteiger partial charge is 0.405 e. The monoisotopic (exact) mass is 268 g/mol. The molecule has 1 aromatic rings. The summed E-state index contributed by atoms with van der Waals surface area (Å²) in [6.45, 7) is 0.188. The summed E-state index contributed by atoms with van der Waals surface area (Å²) in [7, 11) is 1.42. The molecular weight excluding hydrogens is 255 g/mol. The molecule has 0 aliphatic carbocycles. The third kappa shape index (κ3) is 2.59. The second-order valence-corrected chi connectivity index (χ2v) is 4.17. The molecule has 2 atom stereocenters. The standard InChI is InChI=1S/C12H13FN2O4/c1-19-6-2-3-7(9(13)4-6)8-5-14-11(16)10(8)15-12(17)18/h2-4,8,10,15H,5H2,1H3,(H,14,16)(H,17,18)/t8-,10-/m0/s1. The van der Waals surface area contributed by atoms with E-state index in [4.69, 9.17) is 9.84 Å². The Morgan fingerprint density at radius 3 is 2.89 bits per heavy atom. The topological polar surface area (TPSA) is 87.7 Å². The van der Waals surface area contributed by atoms with Crippen molar-refractivity contribution in [1.29, 1.82) is 0 Å². The summed E-state index contributed by atoms with van der Waals surface area (Å²) >= 11 is 0. The molecule has 102 valence electrons. The highest BCUT2D eigenvalue weighted by molar-refractivity contribution is 5.88. The molecule has 1 aromatic carbocycles. The van der Waals surface area contributed by atoms with Crippen LogP contribution in [0.3, 0.4) is 0 Å². The number of carbonyl (C=O) groups is 2. The Bertz CT molecular complexity index is 520. The Labute approximate surface area is 108 Å². The lowest BCUT2D eigenvalue weighted by Gasteiger charge is -2.17. The highest BCUT2D eigenvalue weighted by atomic mass is 19.1. The van der Waals surface area contributed by atoms with Crippen LogP contribution in [0.4, 0.5) is 9.18 Å². The lowest BCUT2D eigenvalue weighted by molar-refractivity contribution is -0.120. The Morgan fingerprint density at radius 2 is 2.32 bits per heavy atom. The molecule has 0 saturated carbocycles. The first-order valence-corrected chi connectivity index (χ1v) is 5.63. The summed E-state index contributed by atoms with van der Waals surface area (Å²) in [5, 5.41) is 13.3. The van der Waals surface area contributed by atoms with Crippen LogP contribution in [0.5, 0.6) is 5.75 Å². The van der Waals surface area contributed by atoms with Gasteiger partial charge in [0.15, 0.2) is 0 Å². The Kier molecular flexibility index (Phi) is 3.55. The van der Waals surface area contributed by atoms with Crippen LogP contribution < -0.4 is 15.4 Å². The number of amides is 2. The zero-order valence-corrected chi connectivity index (χ0v) is 10.1. The number of carbonyl (C=O) groups excluding carboxylic acids is 1. The number of hydrogen-bond acceptors (Lipinski definition) is 3. The molecule has 1 aliphatic heterocycles. The summed E-state index contributed by atoms with van der Waals surface area (Å²) in [6.07, 6.45) is -1.32. The molecule has 7 heteroatoms.